The van der Waals surface area contributed by atoms with Crippen molar-refractivity contribution in [3.05, 3.63) is 18.2 Å². The number of methoxy groups -OCH3 is 1. The van der Waals surface area contributed by atoms with Gasteiger partial charge in [0.15, 0.2) is 0 Å². The van der Waals surface area contributed by atoms with Crippen molar-refractivity contribution >= 4 is 23.2 Å². The third kappa shape index (κ3) is 4.76. The van der Waals surface area contributed by atoms with E-state index in [1.54, 1.807) is 25.3 Å². The molecule has 0 heterocycles. The van der Waals surface area contributed by atoms with E-state index in [0.29, 0.717) is 29.5 Å². The molecule has 0 unspecified atom stereocenters. The molecule has 0 bridgehead atoms. The Morgan fingerprint density at radius 3 is 2.55 bits per heavy atom. The molecule has 2 amide bonds. The van der Waals surface area contributed by atoms with Crippen LogP contribution in [-0.2, 0) is 9.59 Å². The van der Waals surface area contributed by atoms with Gasteiger partial charge < -0.3 is 15.4 Å². The molecule has 0 aliphatic heterocycles. The summed E-state index contributed by atoms with van der Waals surface area (Å²) in [5.74, 6) is 0.928. The molecule has 2 rings (SSSR count). The van der Waals surface area contributed by atoms with Crippen molar-refractivity contribution in [1.29, 1.82) is 0 Å². The first-order chi connectivity index (χ1) is 10.6. The van der Waals surface area contributed by atoms with E-state index >= 15 is 0 Å². The minimum atomic E-state index is -0.177. The summed E-state index contributed by atoms with van der Waals surface area (Å²) in [6, 6.07) is 5.24. The number of carbonyl (C=O) groups is 2. The average Bonchev–Trinajstić information content (AvgIpc) is 2.48. The zero-order chi connectivity index (χ0) is 15.9. The maximum Gasteiger partial charge on any atom is 0.224 e. The Bertz CT molecular complexity index is 537. The Balaban J connectivity index is 1.99. The van der Waals surface area contributed by atoms with Gasteiger partial charge in [-0.2, -0.15) is 0 Å². The van der Waals surface area contributed by atoms with Crippen LogP contribution < -0.4 is 15.4 Å². The molecule has 5 heteroatoms. The van der Waals surface area contributed by atoms with Crippen LogP contribution in [0.4, 0.5) is 11.4 Å². The highest BCUT2D eigenvalue weighted by Crippen LogP contribution is 2.29. The molecular formula is C17H24N2O3. The van der Waals surface area contributed by atoms with Gasteiger partial charge in [0.25, 0.3) is 0 Å². The van der Waals surface area contributed by atoms with Crippen molar-refractivity contribution in [2.45, 2.75) is 45.4 Å². The SMILES string of the molecule is COc1ccc(NC(=O)CC2CCCCC2)cc1NC(C)=O. The predicted octanol–water partition coefficient (Wildman–Crippen LogP) is 3.56. The van der Waals surface area contributed by atoms with Crippen molar-refractivity contribution < 1.29 is 14.3 Å². The summed E-state index contributed by atoms with van der Waals surface area (Å²) in [5, 5.41) is 5.61. The molecule has 0 atom stereocenters. The number of carbonyl (C=O) groups excluding carboxylic acids is 2. The standard InChI is InChI=1S/C17H24N2O3/c1-12(20)18-15-11-14(8-9-16(15)22-2)19-17(21)10-13-6-4-3-5-7-13/h8-9,11,13H,3-7,10H2,1-2H3,(H,18,20)(H,19,21). The monoisotopic (exact) mass is 304 g/mol. The van der Waals surface area contributed by atoms with E-state index in [9.17, 15) is 9.59 Å². The second-order valence-corrected chi connectivity index (χ2v) is 5.85. The quantitative estimate of drug-likeness (QED) is 0.874. The lowest BCUT2D eigenvalue weighted by molar-refractivity contribution is -0.117. The van der Waals surface area contributed by atoms with Crippen LogP contribution in [-0.4, -0.2) is 18.9 Å². The van der Waals surface area contributed by atoms with E-state index in [2.05, 4.69) is 10.6 Å². The number of hydrogen-bond donors (Lipinski definition) is 2. The minimum Gasteiger partial charge on any atom is -0.495 e. The fourth-order valence-electron chi connectivity index (χ4n) is 2.94. The van der Waals surface area contributed by atoms with Gasteiger partial charge in [-0.05, 0) is 37.0 Å². The zero-order valence-corrected chi connectivity index (χ0v) is 13.3. The maximum atomic E-state index is 12.1. The van der Waals surface area contributed by atoms with Crippen molar-refractivity contribution in [1.82, 2.24) is 0 Å². The molecule has 1 aliphatic carbocycles. The summed E-state index contributed by atoms with van der Waals surface area (Å²) in [6.45, 7) is 1.44. The molecule has 1 saturated carbocycles. The molecule has 2 N–H and O–H groups in total. The zero-order valence-electron chi connectivity index (χ0n) is 13.3. The normalized spacial score (nSPS) is 15.2. The van der Waals surface area contributed by atoms with Crippen LogP contribution in [0.5, 0.6) is 5.75 Å². The van der Waals surface area contributed by atoms with Gasteiger partial charge >= 0.3 is 0 Å². The second kappa shape index (κ2) is 7.82. The van der Waals surface area contributed by atoms with Crippen LogP contribution in [0, 0.1) is 5.92 Å². The molecule has 5 nitrogen and oxygen atoms in total. The molecule has 1 aromatic carbocycles. The maximum absolute atomic E-state index is 12.1. The Hall–Kier alpha value is -2.04. The van der Waals surface area contributed by atoms with Gasteiger partial charge in [-0.15, -0.1) is 0 Å². The molecule has 1 fully saturated rings. The number of nitrogens with one attached hydrogen (secondary N) is 2. The smallest absolute Gasteiger partial charge is 0.224 e. The highest BCUT2D eigenvalue weighted by Gasteiger charge is 2.17. The molecule has 1 aromatic rings. The van der Waals surface area contributed by atoms with Gasteiger partial charge in [-0.1, -0.05) is 19.3 Å². The fraction of sp³-hybridized carbons (Fsp3) is 0.529. The second-order valence-electron chi connectivity index (χ2n) is 5.85. The molecule has 1 aliphatic rings. The van der Waals surface area contributed by atoms with Crippen molar-refractivity contribution in [2.75, 3.05) is 17.7 Å². The van der Waals surface area contributed by atoms with E-state index < -0.39 is 0 Å². The van der Waals surface area contributed by atoms with Crippen LogP contribution in [0.3, 0.4) is 0 Å². The lowest BCUT2D eigenvalue weighted by Crippen LogP contribution is -2.18. The molecule has 120 valence electrons. The van der Waals surface area contributed by atoms with E-state index in [-0.39, 0.29) is 11.8 Å². The number of benzene rings is 1. The van der Waals surface area contributed by atoms with Gasteiger partial charge in [-0.3, -0.25) is 9.59 Å². The van der Waals surface area contributed by atoms with Gasteiger partial charge in [0.1, 0.15) is 5.75 Å². The number of ether oxygens (including phenoxy) is 1. The lowest BCUT2D eigenvalue weighted by Gasteiger charge is -2.21. The number of anilines is 2. The fourth-order valence-corrected chi connectivity index (χ4v) is 2.94. The van der Waals surface area contributed by atoms with Crippen molar-refractivity contribution in [3.8, 4) is 5.75 Å². The van der Waals surface area contributed by atoms with Crippen LogP contribution in [0.25, 0.3) is 0 Å². The Labute approximate surface area is 131 Å². The topological polar surface area (TPSA) is 67.4 Å². The molecular weight excluding hydrogens is 280 g/mol. The predicted molar refractivity (Wildman–Crippen MR) is 87.1 cm³/mol. The summed E-state index contributed by atoms with van der Waals surface area (Å²) >= 11 is 0. The largest absolute Gasteiger partial charge is 0.495 e. The summed E-state index contributed by atoms with van der Waals surface area (Å²) in [5.41, 5.74) is 1.23. The number of hydrogen-bond acceptors (Lipinski definition) is 3. The number of rotatable bonds is 5. The first-order valence-electron chi connectivity index (χ1n) is 7.84. The lowest BCUT2D eigenvalue weighted by atomic mass is 9.87. The molecule has 0 spiro atoms. The summed E-state index contributed by atoms with van der Waals surface area (Å²) in [6.07, 6.45) is 6.61. The molecule has 0 aromatic heterocycles. The van der Waals surface area contributed by atoms with E-state index in [0.717, 1.165) is 12.8 Å². The van der Waals surface area contributed by atoms with Gasteiger partial charge in [0.2, 0.25) is 11.8 Å². The van der Waals surface area contributed by atoms with Crippen LogP contribution in [0.2, 0.25) is 0 Å². The Morgan fingerprint density at radius 2 is 1.91 bits per heavy atom. The van der Waals surface area contributed by atoms with Gasteiger partial charge in [0.05, 0.1) is 12.8 Å². The highest BCUT2D eigenvalue weighted by molar-refractivity contribution is 5.94. The third-order valence-electron chi connectivity index (χ3n) is 3.99. The summed E-state index contributed by atoms with van der Waals surface area (Å²) < 4.78 is 5.20. The van der Waals surface area contributed by atoms with E-state index in [1.807, 2.05) is 0 Å². The molecule has 0 saturated heterocycles. The van der Waals surface area contributed by atoms with Crippen LogP contribution >= 0.6 is 0 Å². The molecule has 22 heavy (non-hydrogen) atoms. The first kappa shape index (κ1) is 16.3. The first-order valence-corrected chi connectivity index (χ1v) is 7.84. The Kier molecular flexibility index (Phi) is 5.81. The summed E-state index contributed by atoms with van der Waals surface area (Å²) in [4.78, 5) is 23.4. The van der Waals surface area contributed by atoms with Gasteiger partial charge in [-0.25, -0.2) is 0 Å². The summed E-state index contributed by atoms with van der Waals surface area (Å²) in [7, 11) is 1.54. The van der Waals surface area contributed by atoms with E-state index in [1.165, 1.54) is 26.2 Å². The minimum absolute atomic E-state index is 0.0332. The van der Waals surface area contributed by atoms with E-state index in [4.69, 9.17) is 4.74 Å². The highest BCUT2D eigenvalue weighted by atomic mass is 16.5. The molecule has 0 radical (unpaired) electrons. The van der Waals surface area contributed by atoms with Crippen LogP contribution in [0.1, 0.15) is 45.4 Å². The third-order valence-corrected chi connectivity index (χ3v) is 3.99. The average molecular weight is 304 g/mol. The van der Waals surface area contributed by atoms with Crippen molar-refractivity contribution in [3.63, 3.8) is 0 Å². The van der Waals surface area contributed by atoms with Crippen LogP contribution in [0.15, 0.2) is 18.2 Å². The Morgan fingerprint density at radius 1 is 1.18 bits per heavy atom. The van der Waals surface area contributed by atoms with Crippen molar-refractivity contribution in [2.24, 2.45) is 5.92 Å². The number of amides is 2. The van der Waals surface area contributed by atoms with Gasteiger partial charge in [0, 0.05) is 19.0 Å².